The van der Waals surface area contributed by atoms with Crippen LogP contribution in [0.2, 0.25) is 0 Å². The van der Waals surface area contributed by atoms with E-state index in [9.17, 15) is 31.6 Å². The fraction of sp³-hybridized carbons (Fsp3) is 0.520. The van der Waals surface area contributed by atoms with Gasteiger partial charge in [0.2, 0.25) is 0 Å². The molecule has 0 aliphatic rings. The molecule has 10 nitrogen and oxygen atoms in total. The van der Waals surface area contributed by atoms with Gasteiger partial charge in [0.25, 0.3) is 10.1 Å². The Balaban J connectivity index is 0.000000427. The summed E-state index contributed by atoms with van der Waals surface area (Å²) in [6.45, 7) is 4.50. The molecule has 13 heteroatoms. The number of aromatic hydroxyl groups is 1. The molecule has 63 heavy (non-hydrogen) atoms. The van der Waals surface area contributed by atoms with Crippen LogP contribution in [0.4, 0.5) is 0 Å². The fourth-order valence-corrected chi connectivity index (χ4v) is 8.28. The summed E-state index contributed by atoms with van der Waals surface area (Å²) in [4.78, 5) is -0.987. The molecule has 4 aromatic carbocycles. The Labute approximate surface area is 408 Å². The van der Waals surface area contributed by atoms with Gasteiger partial charge in [0, 0.05) is 18.2 Å². The third-order valence-corrected chi connectivity index (χ3v) is 12.4. The van der Waals surface area contributed by atoms with Gasteiger partial charge < -0.3 is 24.2 Å². The van der Waals surface area contributed by atoms with Crippen molar-refractivity contribution in [1.29, 1.82) is 0 Å². The smallest absolute Gasteiger partial charge is 0.872 e. The van der Waals surface area contributed by atoms with Crippen LogP contribution in [0.25, 0.3) is 0 Å². The van der Waals surface area contributed by atoms with Crippen LogP contribution < -0.4 is 14.6 Å². The molecule has 0 amide bonds. The zero-order chi connectivity index (χ0) is 45.1. The van der Waals surface area contributed by atoms with E-state index in [0.717, 1.165) is 43.5 Å². The molecule has 0 fully saturated rings. The van der Waals surface area contributed by atoms with Crippen LogP contribution >= 0.6 is 0 Å². The SMILES string of the molecule is CCCCCCCCCCCCCc1ccc(Oc2cc(O)cc(S(=O)(=O)O)c2)cc1.CCCCCCCCCCCCCc1ccc(Oc2cc([O-])cc(S(=O)(=O)[O-])c2)cc1.[Ca+2]. The summed E-state index contributed by atoms with van der Waals surface area (Å²) < 4.78 is 76.3. The standard InChI is InChI=1S/2C25H36O5S.Ca/c2*1-2-3-4-5-6-7-8-9-10-11-12-13-21-14-16-23(17-15-21)30-24-18-22(26)19-25(20-24)31(27,28)29;/h2*14-20,26H,2-13H2,1H3,(H,27,28,29);/q;;+2/p-2. The molecule has 0 aliphatic heterocycles. The minimum Gasteiger partial charge on any atom is -0.872 e. The number of hydrogen-bond donors (Lipinski definition) is 2. The van der Waals surface area contributed by atoms with Crippen LogP contribution in [0, 0.1) is 0 Å². The van der Waals surface area contributed by atoms with Gasteiger partial charge in [-0.25, -0.2) is 8.42 Å². The summed E-state index contributed by atoms with van der Waals surface area (Å²) in [7, 11) is -9.11. The van der Waals surface area contributed by atoms with E-state index < -0.39 is 35.8 Å². The molecule has 0 saturated heterocycles. The van der Waals surface area contributed by atoms with Crippen LogP contribution in [0.5, 0.6) is 34.5 Å². The average Bonchev–Trinajstić information content (AvgIpc) is 3.22. The zero-order valence-electron chi connectivity index (χ0n) is 37.7. The van der Waals surface area contributed by atoms with Crippen molar-refractivity contribution in [2.45, 2.75) is 178 Å². The molecule has 0 aliphatic carbocycles. The number of hydrogen-bond acceptors (Lipinski definition) is 9. The molecule has 0 saturated carbocycles. The average molecular weight is 935 g/mol. The summed E-state index contributed by atoms with van der Waals surface area (Å²) in [6.07, 6.45) is 31.2. The van der Waals surface area contributed by atoms with Crippen LogP contribution in [0.3, 0.4) is 0 Å². The second-order valence-corrected chi connectivity index (χ2v) is 19.1. The van der Waals surface area contributed by atoms with Crippen molar-refractivity contribution in [2.75, 3.05) is 0 Å². The van der Waals surface area contributed by atoms with Crippen molar-refractivity contribution in [3.8, 4) is 34.5 Å². The maximum Gasteiger partial charge on any atom is 2.00 e. The van der Waals surface area contributed by atoms with Crippen LogP contribution in [-0.2, 0) is 33.1 Å². The molecule has 344 valence electrons. The minimum atomic E-state index is -4.70. The second kappa shape index (κ2) is 31.9. The van der Waals surface area contributed by atoms with Gasteiger partial charge in [0.15, 0.2) is 0 Å². The zero-order valence-corrected chi connectivity index (χ0v) is 41.6. The summed E-state index contributed by atoms with van der Waals surface area (Å²) in [5.41, 5.74) is 2.45. The van der Waals surface area contributed by atoms with Crippen molar-refractivity contribution in [3.63, 3.8) is 0 Å². The molecule has 0 atom stereocenters. The van der Waals surface area contributed by atoms with Crippen molar-refractivity contribution >= 4 is 58.0 Å². The predicted molar refractivity (Wildman–Crippen MR) is 251 cm³/mol. The maximum absolute atomic E-state index is 11.6. The molecule has 0 heterocycles. The Hall–Kier alpha value is -2.84. The summed E-state index contributed by atoms with van der Waals surface area (Å²) in [6, 6.07) is 21.6. The van der Waals surface area contributed by atoms with Gasteiger partial charge in [0.1, 0.15) is 43.8 Å². The first kappa shape index (κ1) is 56.3. The van der Waals surface area contributed by atoms with E-state index in [1.807, 2.05) is 36.4 Å². The third kappa shape index (κ3) is 25.4. The van der Waals surface area contributed by atoms with Crippen molar-refractivity contribution in [1.82, 2.24) is 0 Å². The van der Waals surface area contributed by atoms with E-state index in [0.29, 0.717) is 11.5 Å². The Morgan fingerprint density at radius 2 is 0.810 bits per heavy atom. The quantitative estimate of drug-likeness (QED) is 0.0291. The van der Waals surface area contributed by atoms with Gasteiger partial charge in [-0.15, -0.1) is 5.75 Å². The van der Waals surface area contributed by atoms with Gasteiger partial charge in [-0.3, -0.25) is 4.55 Å². The molecule has 0 bridgehead atoms. The first-order chi connectivity index (χ1) is 29.8. The van der Waals surface area contributed by atoms with Crippen LogP contribution in [0.15, 0.2) is 94.7 Å². The maximum atomic E-state index is 11.6. The van der Waals surface area contributed by atoms with Crippen LogP contribution in [-0.4, -0.2) is 68.8 Å². The summed E-state index contributed by atoms with van der Waals surface area (Å²) in [5.74, 6) is 0.334. The second-order valence-electron chi connectivity index (χ2n) is 16.3. The van der Waals surface area contributed by atoms with Gasteiger partial charge in [-0.05, 0) is 73.2 Å². The van der Waals surface area contributed by atoms with E-state index in [1.165, 1.54) is 158 Å². The molecule has 2 N–H and O–H groups in total. The van der Waals surface area contributed by atoms with Gasteiger partial charge >= 0.3 is 37.7 Å². The Morgan fingerprint density at radius 1 is 0.460 bits per heavy atom. The molecule has 0 spiro atoms. The number of aryl methyl sites for hydroxylation is 2. The van der Waals surface area contributed by atoms with Crippen molar-refractivity contribution < 1.29 is 45.6 Å². The Morgan fingerprint density at radius 3 is 1.17 bits per heavy atom. The van der Waals surface area contributed by atoms with E-state index in [1.54, 1.807) is 12.1 Å². The number of rotatable bonds is 30. The molecular weight excluding hydrogens is 865 g/mol. The van der Waals surface area contributed by atoms with Crippen molar-refractivity contribution in [3.05, 3.63) is 96.1 Å². The number of ether oxygens (including phenoxy) is 2. The topological polar surface area (TPSA) is 173 Å². The molecular formula is C50H70CaO10S2. The molecule has 4 aromatic rings. The fourth-order valence-electron chi connectivity index (χ4n) is 7.22. The monoisotopic (exact) mass is 934 g/mol. The molecule has 0 radical (unpaired) electrons. The Kier molecular flexibility index (Phi) is 28.5. The first-order valence-electron chi connectivity index (χ1n) is 22.9. The van der Waals surface area contributed by atoms with E-state index in [-0.39, 0.29) is 55.0 Å². The van der Waals surface area contributed by atoms with Gasteiger partial charge in [-0.2, -0.15) is 8.42 Å². The number of phenolic OH excluding ortho intramolecular Hbond substituents is 1. The summed E-state index contributed by atoms with van der Waals surface area (Å²) in [5, 5.41) is 21.3. The van der Waals surface area contributed by atoms with Crippen molar-refractivity contribution in [2.24, 2.45) is 0 Å². The van der Waals surface area contributed by atoms with E-state index >= 15 is 0 Å². The van der Waals surface area contributed by atoms with E-state index in [2.05, 4.69) is 13.8 Å². The van der Waals surface area contributed by atoms with E-state index in [4.69, 9.17) is 14.0 Å². The third-order valence-electron chi connectivity index (χ3n) is 10.8. The largest absolute Gasteiger partial charge is 2.00 e. The molecule has 0 aromatic heterocycles. The number of benzene rings is 4. The Bertz CT molecular complexity index is 1910. The summed E-state index contributed by atoms with van der Waals surface area (Å²) >= 11 is 0. The van der Waals surface area contributed by atoms with Gasteiger partial charge in [0.05, 0.1) is 4.90 Å². The normalized spacial score (nSPS) is 11.4. The van der Waals surface area contributed by atoms with Gasteiger partial charge in [-0.1, -0.05) is 173 Å². The molecule has 0 unspecified atom stereocenters. The predicted octanol–water partition coefficient (Wildman–Crippen LogP) is 13.2. The van der Waals surface area contributed by atoms with Crippen LogP contribution in [0.1, 0.15) is 166 Å². The first-order valence-corrected chi connectivity index (χ1v) is 25.7. The number of phenols is 1. The minimum absolute atomic E-state index is 0. The number of unbranched alkanes of at least 4 members (excludes halogenated alkanes) is 20. The molecule has 4 rings (SSSR count).